The molecule has 2 bridgehead atoms. The summed E-state index contributed by atoms with van der Waals surface area (Å²) in [6, 6.07) is 26.2. The predicted molar refractivity (Wildman–Crippen MR) is 132 cm³/mol. The van der Waals surface area contributed by atoms with Gasteiger partial charge in [0.05, 0.1) is 12.1 Å². The summed E-state index contributed by atoms with van der Waals surface area (Å²) in [5.41, 5.74) is 5.77. The molecule has 178 valence electrons. The van der Waals surface area contributed by atoms with E-state index in [4.69, 9.17) is 9.47 Å². The molecule has 3 atom stereocenters. The number of carbonyl (C=O) groups is 2. The number of alkyl carbamates (subject to hydrolysis) is 1. The van der Waals surface area contributed by atoms with Crippen molar-refractivity contribution in [2.75, 3.05) is 6.61 Å². The van der Waals surface area contributed by atoms with Crippen LogP contribution in [0.2, 0.25) is 0 Å². The minimum Gasteiger partial charge on any atom is -0.448 e. The number of amides is 2. The minimum atomic E-state index is -0.445. The van der Waals surface area contributed by atoms with Crippen molar-refractivity contribution in [1.29, 1.82) is 0 Å². The van der Waals surface area contributed by atoms with Crippen LogP contribution in [0, 0.1) is 0 Å². The van der Waals surface area contributed by atoms with Crippen molar-refractivity contribution >= 4 is 12.2 Å². The molecule has 6 nitrogen and oxygen atoms in total. The van der Waals surface area contributed by atoms with Crippen LogP contribution >= 0.6 is 0 Å². The first-order valence-corrected chi connectivity index (χ1v) is 12.3. The van der Waals surface area contributed by atoms with E-state index in [2.05, 4.69) is 29.6 Å². The molecule has 2 heterocycles. The highest BCUT2D eigenvalue weighted by atomic mass is 16.6. The zero-order valence-electron chi connectivity index (χ0n) is 19.4. The Hall–Kier alpha value is -3.80. The molecule has 2 amide bonds. The highest BCUT2D eigenvalue weighted by Gasteiger charge is 2.50. The topological polar surface area (TPSA) is 67.9 Å². The van der Waals surface area contributed by atoms with Crippen LogP contribution in [0.25, 0.3) is 11.1 Å². The van der Waals surface area contributed by atoms with Crippen molar-refractivity contribution < 1.29 is 19.1 Å². The summed E-state index contributed by atoms with van der Waals surface area (Å²) in [6.45, 7) is 0.531. The van der Waals surface area contributed by atoms with Crippen LogP contribution < -0.4 is 5.32 Å². The molecule has 6 rings (SSSR count). The second-order valence-corrected chi connectivity index (χ2v) is 9.56. The molecule has 35 heavy (non-hydrogen) atoms. The lowest BCUT2D eigenvalue weighted by atomic mass is 9.96. The smallest absolute Gasteiger partial charge is 0.410 e. The number of hydrogen-bond donors (Lipinski definition) is 1. The monoisotopic (exact) mass is 468 g/mol. The largest absolute Gasteiger partial charge is 0.448 e. The van der Waals surface area contributed by atoms with Crippen LogP contribution in [0.4, 0.5) is 9.59 Å². The summed E-state index contributed by atoms with van der Waals surface area (Å²) in [4.78, 5) is 27.4. The Morgan fingerprint density at radius 2 is 1.49 bits per heavy atom. The number of ether oxygens (including phenoxy) is 2. The van der Waals surface area contributed by atoms with Crippen LogP contribution in [0.1, 0.15) is 41.9 Å². The van der Waals surface area contributed by atoms with E-state index in [0.29, 0.717) is 6.61 Å². The van der Waals surface area contributed by atoms with E-state index in [0.717, 1.165) is 24.8 Å². The Morgan fingerprint density at radius 1 is 0.829 bits per heavy atom. The zero-order valence-corrected chi connectivity index (χ0v) is 19.4. The van der Waals surface area contributed by atoms with Gasteiger partial charge in [-0.1, -0.05) is 78.9 Å². The maximum atomic E-state index is 13.2. The molecule has 0 aromatic heterocycles. The summed E-state index contributed by atoms with van der Waals surface area (Å²) in [7, 11) is 0. The summed E-state index contributed by atoms with van der Waals surface area (Å²) in [6.07, 6.45) is 1.79. The predicted octanol–water partition coefficient (Wildman–Crippen LogP) is 5.47. The van der Waals surface area contributed by atoms with Crippen molar-refractivity contribution in [1.82, 2.24) is 10.2 Å². The molecule has 2 fully saturated rings. The van der Waals surface area contributed by atoms with Crippen LogP contribution in [0.15, 0.2) is 78.9 Å². The second kappa shape index (κ2) is 9.10. The average Bonchev–Trinajstić information content (AvgIpc) is 3.56. The molecule has 2 saturated heterocycles. The normalized spacial score (nSPS) is 21.9. The van der Waals surface area contributed by atoms with E-state index in [-0.39, 0.29) is 36.7 Å². The molecule has 3 aromatic carbocycles. The summed E-state index contributed by atoms with van der Waals surface area (Å²) in [5, 5.41) is 2.98. The van der Waals surface area contributed by atoms with Gasteiger partial charge in [0.2, 0.25) is 0 Å². The number of fused-ring (bicyclic) bond motifs is 5. The first-order valence-electron chi connectivity index (χ1n) is 12.3. The van der Waals surface area contributed by atoms with Gasteiger partial charge < -0.3 is 19.7 Å². The molecule has 0 spiro atoms. The minimum absolute atomic E-state index is 0.0356. The summed E-state index contributed by atoms with van der Waals surface area (Å²) >= 11 is 0. The number of rotatable bonds is 5. The Balaban J connectivity index is 1.08. The zero-order chi connectivity index (χ0) is 23.8. The van der Waals surface area contributed by atoms with Gasteiger partial charge >= 0.3 is 12.2 Å². The third-order valence-corrected chi connectivity index (χ3v) is 7.60. The summed E-state index contributed by atoms with van der Waals surface area (Å²) in [5.74, 6) is 0.0356. The first-order chi connectivity index (χ1) is 17.2. The van der Waals surface area contributed by atoms with E-state index < -0.39 is 6.09 Å². The van der Waals surface area contributed by atoms with Gasteiger partial charge in [-0.25, -0.2) is 9.59 Å². The molecule has 6 heteroatoms. The fourth-order valence-corrected chi connectivity index (χ4v) is 6.01. The molecule has 0 saturated carbocycles. The lowest BCUT2D eigenvalue weighted by molar-refractivity contribution is 0.0918. The SMILES string of the molecule is O=C(N[C@H]1CC2CCC1N2C(=O)OCC1c2ccccc2-c2ccccc21)OCc1ccccc1. The maximum Gasteiger partial charge on any atom is 0.410 e. The van der Waals surface area contributed by atoms with Gasteiger partial charge in [-0.05, 0) is 47.1 Å². The molecule has 1 N–H and O–H groups in total. The lowest BCUT2D eigenvalue weighted by Crippen LogP contribution is -2.45. The van der Waals surface area contributed by atoms with Crippen LogP contribution in [-0.2, 0) is 16.1 Å². The van der Waals surface area contributed by atoms with E-state index >= 15 is 0 Å². The maximum absolute atomic E-state index is 13.2. The highest BCUT2D eigenvalue weighted by molar-refractivity contribution is 5.79. The van der Waals surface area contributed by atoms with Crippen LogP contribution in [0.5, 0.6) is 0 Å². The van der Waals surface area contributed by atoms with Crippen molar-refractivity contribution in [2.45, 2.75) is 49.9 Å². The van der Waals surface area contributed by atoms with Gasteiger partial charge in [0.15, 0.2) is 0 Å². The third-order valence-electron chi connectivity index (χ3n) is 7.60. The quantitative estimate of drug-likeness (QED) is 0.539. The van der Waals surface area contributed by atoms with E-state index in [1.807, 2.05) is 59.5 Å². The average molecular weight is 469 g/mol. The standard InChI is InChI=1S/C29H28N2O4/c32-28(34-17-19-8-2-1-3-9-19)30-26-16-20-14-15-27(26)31(20)29(33)35-18-25-23-12-6-4-10-21(23)22-11-5-7-13-24(22)25/h1-13,20,25-27H,14-18H2,(H,30,32)/t20?,26-,27?/m0/s1. The van der Waals surface area contributed by atoms with Crippen molar-refractivity contribution in [3.05, 3.63) is 95.6 Å². The van der Waals surface area contributed by atoms with E-state index in [9.17, 15) is 9.59 Å². The fraction of sp³-hybridized carbons (Fsp3) is 0.310. The van der Waals surface area contributed by atoms with Gasteiger partial charge in [0.1, 0.15) is 13.2 Å². The molecule has 3 aliphatic rings. The van der Waals surface area contributed by atoms with Gasteiger partial charge in [-0.15, -0.1) is 0 Å². The Bertz CT molecular complexity index is 1200. The number of carbonyl (C=O) groups excluding carboxylic acids is 2. The Kier molecular flexibility index (Phi) is 5.64. The molecular weight excluding hydrogens is 440 g/mol. The van der Waals surface area contributed by atoms with Crippen LogP contribution in [0.3, 0.4) is 0 Å². The second-order valence-electron chi connectivity index (χ2n) is 9.56. The lowest BCUT2D eigenvalue weighted by Gasteiger charge is -2.25. The highest BCUT2D eigenvalue weighted by Crippen LogP contribution is 2.45. The number of benzene rings is 3. The van der Waals surface area contributed by atoms with E-state index in [1.165, 1.54) is 22.3 Å². The first kappa shape index (κ1) is 21.7. The van der Waals surface area contributed by atoms with Crippen molar-refractivity contribution in [3.63, 3.8) is 0 Å². The summed E-state index contributed by atoms with van der Waals surface area (Å²) < 4.78 is 11.3. The van der Waals surface area contributed by atoms with Crippen molar-refractivity contribution in [2.24, 2.45) is 0 Å². The molecule has 0 radical (unpaired) electrons. The van der Waals surface area contributed by atoms with E-state index in [1.54, 1.807) is 0 Å². The molecular formula is C29H28N2O4. The fourth-order valence-electron chi connectivity index (χ4n) is 6.01. The molecule has 3 aromatic rings. The molecule has 1 aliphatic carbocycles. The van der Waals surface area contributed by atoms with Gasteiger partial charge in [-0.2, -0.15) is 0 Å². The number of nitrogens with one attached hydrogen (secondary N) is 1. The van der Waals surface area contributed by atoms with Gasteiger partial charge in [0.25, 0.3) is 0 Å². The Labute approximate surface area is 204 Å². The molecule has 2 unspecified atom stereocenters. The van der Waals surface area contributed by atoms with Crippen molar-refractivity contribution in [3.8, 4) is 11.1 Å². The number of hydrogen-bond acceptors (Lipinski definition) is 4. The third kappa shape index (κ3) is 4.03. The molecule has 2 aliphatic heterocycles. The van der Waals surface area contributed by atoms with Crippen LogP contribution in [-0.4, -0.2) is 41.8 Å². The van der Waals surface area contributed by atoms with Gasteiger partial charge in [0, 0.05) is 12.0 Å². The Morgan fingerprint density at radius 3 is 2.20 bits per heavy atom. The van der Waals surface area contributed by atoms with Gasteiger partial charge in [-0.3, -0.25) is 0 Å². The number of nitrogens with zero attached hydrogens (tertiary/aromatic N) is 1.